The Hall–Kier alpha value is -2.34. The molecule has 0 saturated carbocycles. The molecule has 0 aliphatic rings. The Morgan fingerprint density at radius 2 is 1.96 bits per heavy atom. The highest BCUT2D eigenvalue weighted by molar-refractivity contribution is 9.10. The summed E-state index contributed by atoms with van der Waals surface area (Å²) in [7, 11) is 0. The van der Waals surface area contributed by atoms with Gasteiger partial charge >= 0.3 is 0 Å². The fourth-order valence-corrected chi connectivity index (χ4v) is 2.94. The maximum atomic E-state index is 11.9. The van der Waals surface area contributed by atoms with Crippen molar-refractivity contribution in [3.63, 3.8) is 0 Å². The number of amides is 1. The van der Waals surface area contributed by atoms with Crippen LogP contribution in [0.25, 0.3) is 0 Å². The van der Waals surface area contributed by atoms with Gasteiger partial charge in [0.2, 0.25) is 5.91 Å². The average molecular weight is 433 g/mol. The Morgan fingerprint density at radius 3 is 2.70 bits per heavy atom. The van der Waals surface area contributed by atoms with Crippen molar-refractivity contribution in [2.45, 2.75) is 33.1 Å². The molecule has 0 aliphatic carbocycles. The molecule has 0 unspecified atom stereocenters. The highest BCUT2D eigenvalue weighted by atomic mass is 79.9. The number of aryl methyl sites for hydroxylation is 1. The minimum absolute atomic E-state index is 0.149. The summed E-state index contributed by atoms with van der Waals surface area (Å²) < 4.78 is 12.2. The van der Waals surface area contributed by atoms with E-state index in [0.29, 0.717) is 26.1 Å². The molecule has 0 bridgehead atoms. The van der Waals surface area contributed by atoms with E-state index in [4.69, 9.17) is 9.47 Å². The number of hydrogen-bond acceptors (Lipinski definition) is 4. The topological polar surface area (TPSA) is 59.9 Å². The molecule has 0 atom stereocenters. The summed E-state index contributed by atoms with van der Waals surface area (Å²) >= 11 is 3.51. The number of halogens is 1. The summed E-state index contributed by atoms with van der Waals surface area (Å²) in [6.07, 6.45) is 3.52. The van der Waals surface area contributed by atoms with Gasteiger partial charge in [0, 0.05) is 12.0 Å². The fraction of sp³-hybridized carbons (Fsp3) is 0.333. The minimum atomic E-state index is -0.149. The molecule has 27 heavy (non-hydrogen) atoms. The maximum Gasteiger partial charge on any atom is 0.240 e. The predicted molar refractivity (Wildman–Crippen MR) is 112 cm³/mol. The number of nitrogens with zero attached hydrogens (tertiary/aromatic N) is 1. The van der Waals surface area contributed by atoms with Gasteiger partial charge in [-0.3, -0.25) is 4.79 Å². The molecule has 1 amide bonds. The van der Waals surface area contributed by atoms with Crippen molar-refractivity contribution in [3.8, 4) is 11.5 Å². The van der Waals surface area contributed by atoms with Gasteiger partial charge in [0.1, 0.15) is 11.5 Å². The first-order valence-electron chi connectivity index (χ1n) is 9.09. The van der Waals surface area contributed by atoms with Crippen LogP contribution in [-0.2, 0) is 11.2 Å². The number of benzene rings is 2. The molecule has 0 heterocycles. The van der Waals surface area contributed by atoms with Crippen LogP contribution in [0, 0.1) is 0 Å². The molecule has 2 aromatic carbocycles. The fourth-order valence-electron chi connectivity index (χ4n) is 2.40. The number of hydrogen-bond donors (Lipinski definition) is 1. The summed E-state index contributed by atoms with van der Waals surface area (Å²) in [5, 5.41) is 4.00. The maximum absolute atomic E-state index is 11.9. The molecule has 5 nitrogen and oxygen atoms in total. The SMILES string of the molecule is CCOc1ccccc1/C=N/NC(=O)CCCOc1ccc(CC)cc1Br. The quantitative estimate of drug-likeness (QED) is 0.335. The molecule has 6 heteroatoms. The Kier molecular flexibility index (Phi) is 8.84. The van der Waals surface area contributed by atoms with Gasteiger partial charge in [0.15, 0.2) is 0 Å². The summed E-state index contributed by atoms with van der Waals surface area (Å²) in [6, 6.07) is 13.6. The van der Waals surface area contributed by atoms with E-state index in [1.807, 2.05) is 43.3 Å². The third kappa shape index (κ3) is 7.06. The van der Waals surface area contributed by atoms with Crippen LogP contribution >= 0.6 is 15.9 Å². The highest BCUT2D eigenvalue weighted by Gasteiger charge is 2.04. The van der Waals surface area contributed by atoms with Crippen LogP contribution in [0.1, 0.15) is 37.8 Å². The average Bonchev–Trinajstić information content (AvgIpc) is 2.67. The van der Waals surface area contributed by atoms with Gasteiger partial charge in [0.05, 0.1) is 23.9 Å². The lowest BCUT2D eigenvalue weighted by molar-refractivity contribution is -0.121. The largest absolute Gasteiger partial charge is 0.493 e. The number of hydrazone groups is 1. The van der Waals surface area contributed by atoms with Crippen LogP contribution in [0.5, 0.6) is 11.5 Å². The van der Waals surface area contributed by atoms with Gasteiger partial charge in [0.25, 0.3) is 0 Å². The zero-order valence-electron chi connectivity index (χ0n) is 15.7. The second kappa shape index (κ2) is 11.4. The minimum Gasteiger partial charge on any atom is -0.493 e. The molecule has 2 aromatic rings. The van der Waals surface area contributed by atoms with Gasteiger partial charge < -0.3 is 9.47 Å². The van der Waals surface area contributed by atoms with E-state index in [2.05, 4.69) is 39.4 Å². The van der Waals surface area contributed by atoms with Crippen molar-refractivity contribution < 1.29 is 14.3 Å². The highest BCUT2D eigenvalue weighted by Crippen LogP contribution is 2.26. The summed E-state index contributed by atoms with van der Waals surface area (Å²) in [6.45, 7) is 5.08. The van der Waals surface area contributed by atoms with E-state index in [-0.39, 0.29) is 5.91 Å². The zero-order valence-corrected chi connectivity index (χ0v) is 17.3. The van der Waals surface area contributed by atoms with Gasteiger partial charge in [-0.05, 0) is 65.5 Å². The van der Waals surface area contributed by atoms with Gasteiger partial charge in [-0.25, -0.2) is 5.43 Å². The molecule has 0 aliphatic heterocycles. The molecule has 144 valence electrons. The van der Waals surface area contributed by atoms with Crippen LogP contribution in [0.2, 0.25) is 0 Å². The third-order valence-electron chi connectivity index (χ3n) is 3.82. The Balaban J connectivity index is 1.72. The second-order valence-electron chi connectivity index (χ2n) is 5.83. The lowest BCUT2D eigenvalue weighted by Crippen LogP contribution is -2.18. The molecule has 0 aromatic heterocycles. The summed E-state index contributed by atoms with van der Waals surface area (Å²) in [5.74, 6) is 1.38. The lowest BCUT2D eigenvalue weighted by Gasteiger charge is -2.09. The Labute approximate surface area is 168 Å². The van der Waals surface area contributed by atoms with Crippen molar-refractivity contribution in [1.82, 2.24) is 5.43 Å². The molecule has 0 radical (unpaired) electrons. The first-order valence-corrected chi connectivity index (χ1v) is 9.88. The van der Waals surface area contributed by atoms with E-state index in [9.17, 15) is 4.79 Å². The molecule has 1 N–H and O–H groups in total. The van der Waals surface area contributed by atoms with Crippen molar-refractivity contribution in [2.24, 2.45) is 5.10 Å². The lowest BCUT2D eigenvalue weighted by atomic mass is 10.2. The molecule has 0 spiro atoms. The van der Waals surface area contributed by atoms with E-state index >= 15 is 0 Å². The zero-order chi connectivity index (χ0) is 19.5. The normalized spacial score (nSPS) is 10.8. The number of nitrogens with one attached hydrogen (secondary N) is 1. The van der Waals surface area contributed by atoms with E-state index in [1.54, 1.807) is 6.21 Å². The smallest absolute Gasteiger partial charge is 0.240 e. The van der Waals surface area contributed by atoms with E-state index < -0.39 is 0 Å². The Morgan fingerprint density at radius 1 is 1.15 bits per heavy atom. The van der Waals surface area contributed by atoms with Gasteiger partial charge in [-0.2, -0.15) is 5.10 Å². The van der Waals surface area contributed by atoms with Crippen LogP contribution in [0.3, 0.4) is 0 Å². The van der Waals surface area contributed by atoms with Gasteiger partial charge in [-0.1, -0.05) is 25.1 Å². The Bertz CT molecular complexity index is 778. The van der Waals surface area contributed by atoms with Crippen LogP contribution in [0.15, 0.2) is 52.0 Å². The number of carbonyl (C=O) groups excluding carboxylic acids is 1. The van der Waals surface area contributed by atoms with Crippen LogP contribution in [-0.4, -0.2) is 25.3 Å². The second-order valence-corrected chi connectivity index (χ2v) is 6.69. The van der Waals surface area contributed by atoms with Crippen LogP contribution < -0.4 is 14.9 Å². The van der Waals surface area contributed by atoms with Crippen molar-refractivity contribution in [2.75, 3.05) is 13.2 Å². The third-order valence-corrected chi connectivity index (χ3v) is 4.44. The van der Waals surface area contributed by atoms with E-state index in [0.717, 1.165) is 28.0 Å². The molecule has 2 rings (SSSR count). The molecular formula is C21H25BrN2O3. The van der Waals surface area contributed by atoms with Crippen molar-refractivity contribution in [3.05, 3.63) is 58.1 Å². The van der Waals surface area contributed by atoms with Crippen molar-refractivity contribution >= 4 is 28.1 Å². The first-order chi connectivity index (χ1) is 13.1. The molecule has 0 fully saturated rings. The summed E-state index contributed by atoms with van der Waals surface area (Å²) in [5.41, 5.74) is 4.61. The summed E-state index contributed by atoms with van der Waals surface area (Å²) in [4.78, 5) is 11.9. The van der Waals surface area contributed by atoms with Crippen LogP contribution in [0.4, 0.5) is 0 Å². The standard InChI is InChI=1S/C21H25BrN2O3/c1-3-16-11-12-20(18(22)14-16)27-13-7-10-21(25)24-23-15-17-8-5-6-9-19(17)26-4-2/h5-6,8-9,11-12,14-15H,3-4,7,10,13H2,1-2H3,(H,24,25)/b23-15+. The number of para-hydroxylation sites is 1. The van der Waals surface area contributed by atoms with E-state index in [1.165, 1.54) is 5.56 Å². The first kappa shape index (κ1) is 21.0. The number of carbonyl (C=O) groups is 1. The number of ether oxygens (including phenoxy) is 2. The predicted octanol–water partition coefficient (Wildman–Crippen LogP) is 4.72. The number of rotatable bonds is 10. The monoisotopic (exact) mass is 432 g/mol. The van der Waals surface area contributed by atoms with Gasteiger partial charge in [-0.15, -0.1) is 0 Å². The molecule has 0 saturated heterocycles. The van der Waals surface area contributed by atoms with Crippen molar-refractivity contribution in [1.29, 1.82) is 0 Å². The molecular weight excluding hydrogens is 408 g/mol.